The fraction of sp³-hybridized carbons (Fsp3) is 0.368. The average molecular weight is 299 g/mol. The van der Waals surface area contributed by atoms with Crippen LogP contribution in [0.15, 0.2) is 46.2 Å². The first-order valence-electron chi connectivity index (χ1n) is 7.65. The topological polar surface area (TPSA) is 12.0 Å². The van der Waals surface area contributed by atoms with Crippen molar-refractivity contribution in [1.29, 1.82) is 0 Å². The fourth-order valence-corrected chi connectivity index (χ4v) is 3.35. The molecule has 0 saturated heterocycles. The molecule has 1 nitrogen and oxygen atoms in total. The highest BCUT2D eigenvalue weighted by atomic mass is 32.2. The number of benzene rings is 2. The summed E-state index contributed by atoms with van der Waals surface area (Å²) in [6.45, 7) is 10.8. The lowest BCUT2D eigenvalue weighted by molar-refractivity contribution is 0.673. The van der Waals surface area contributed by atoms with Gasteiger partial charge in [0.05, 0.1) is 0 Å². The van der Waals surface area contributed by atoms with Crippen molar-refractivity contribution in [3.05, 3.63) is 58.7 Å². The van der Waals surface area contributed by atoms with E-state index in [0.717, 1.165) is 13.1 Å². The number of hydrogen-bond acceptors (Lipinski definition) is 2. The van der Waals surface area contributed by atoms with Crippen molar-refractivity contribution >= 4 is 11.8 Å². The maximum atomic E-state index is 3.47. The summed E-state index contributed by atoms with van der Waals surface area (Å²) >= 11 is 1.85. The Balaban J connectivity index is 2.09. The highest BCUT2D eigenvalue weighted by Crippen LogP contribution is 2.31. The summed E-state index contributed by atoms with van der Waals surface area (Å²) in [5, 5.41) is 3.47. The number of nitrogens with one attached hydrogen (secondary N) is 1. The summed E-state index contributed by atoms with van der Waals surface area (Å²) in [5.74, 6) is 0. The van der Waals surface area contributed by atoms with E-state index in [4.69, 9.17) is 0 Å². The standard InChI is InChI=1S/C19H25NS/c1-5-10-20-13-17-7-8-18(12-15(17)3)21-19-9-6-14(2)11-16(19)4/h6-9,11-12,20H,5,10,13H2,1-4H3. The molecule has 2 rings (SSSR count). The zero-order valence-electron chi connectivity index (χ0n) is 13.5. The Morgan fingerprint density at radius 2 is 1.76 bits per heavy atom. The molecule has 0 fully saturated rings. The first kappa shape index (κ1) is 16.1. The van der Waals surface area contributed by atoms with Gasteiger partial charge < -0.3 is 5.32 Å². The van der Waals surface area contributed by atoms with Gasteiger partial charge in [-0.25, -0.2) is 0 Å². The maximum Gasteiger partial charge on any atom is 0.0208 e. The van der Waals surface area contributed by atoms with Gasteiger partial charge in [-0.15, -0.1) is 0 Å². The third-order valence-corrected chi connectivity index (χ3v) is 4.78. The van der Waals surface area contributed by atoms with E-state index >= 15 is 0 Å². The van der Waals surface area contributed by atoms with Gasteiger partial charge in [0.1, 0.15) is 0 Å². The van der Waals surface area contributed by atoms with Crippen LogP contribution < -0.4 is 5.32 Å². The molecule has 2 aromatic carbocycles. The normalized spacial score (nSPS) is 10.9. The zero-order valence-corrected chi connectivity index (χ0v) is 14.3. The molecule has 1 N–H and O–H groups in total. The molecule has 0 atom stereocenters. The van der Waals surface area contributed by atoms with Gasteiger partial charge in [0.25, 0.3) is 0 Å². The van der Waals surface area contributed by atoms with E-state index < -0.39 is 0 Å². The Hall–Kier alpha value is -1.25. The zero-order chi connectivity index (χ0) is 15.2. The predicted octanol–water partition coefficient (Wildman–Crippen LogP) is 5.26. The molecule has 0 aliphatic heterocycles. The molecule has 21 heavy (non-hydrogen) atoms. The first-order chi connectivity index (χ1) is 10.1. The monoisotopic (exact) mass is 299 g/mol. The van der Waals surface area contributed by atoms with Crippen molar-refractivity contribution in [2.75, 3.05) is 6.54 Å². The van der Waals surface area contributed by atoms with E-state index in [1.54, 1.807) is 0 Å². The Morgan fingerprint density at radius 3 is 2.43 bits per heavy atom. The van der Waals surface area contributed by atoms with Crippen molar-refractivity contribution in [2.45, 2.75) is 50.5 Å². The summed E-state index contributed by atoms with van der Waals surface area (Å²) in [4.78, 5) is 2.66. The van der Waals surface area contributed by atoms with E-state index in [9.17, 15) is 0 Å². The van der Waals surface area contributed by atoms with Crippen molar-refractivity contribution in [1.82, 2.24) is 5.32 Å². The van der Waals surface area contributed by atoms with Gasteiger partial charge in [0.2, 0.25) is 0 Å². The Morgan fingerprint density at radius 1 is 0.952 bits per heavy atom. The minimum atomic E-state index is 0.966. The largest absolute Gasteiger partial charge is 0.313 e. The van der Waals surface area contributed by atoms with E-state index in [0.29, 0.717) is 0 Å². The second-order valence-electron chi connectivity index (χ2n) is 5.64. The molecule has 0 aliphatic rings. The second-order valence-corrected chi connectivity index (χ2v) is 6.75. The molecule has 0 unspecified atom stereocenters. The lowest BCUT2D eigenvalue weighted by Gasteiger charge is -2.11. The minimum Gasteiger partial charge on any atom is -0.313 e. The summed E-state index contributed by atoms with van der Waals surface area (Å²) in [5.41, 5.74) is 5.44. The number of aryl methyl sites for hydroxylation is 3. The molecule has 0 saturated carbocycles. The Kier molecular flexibility index (Phi) is 5.89. The smallest absolute Gasteiger partial charge is 0.0208 e. The van der Waals surface area contributed by atoms with Crippen LogP contribution >= 0.6 is 11.8 Å². The Labute approximate surface area is 133 Å². The van der Waals surface area contributed by atoms with Gasteiger partial charge in [-0.05, 0) is 68.6 Å². The van der Waals surface area contributed by atoms with Crippen molar-refractivity contribution in [2.24, 2.45) is 0 Å². The third kappa shape index (κ3) is 4.62. The molecule has 0 spiro atoms. The summed E-state index contributed by atoms with van der Waals surface area (Å²) in [6.07, 6.45) is 1.18. The van der Waals surface area contributed by atoms with Crippen LogP contribution in [0, 0.1) is 20.8 Å². The molecule has 0 amide bonds. The quantitative estimate of drug-likeness (QED) is 0.730. The summed E-state index contributed by atoms with van der Waals surface area (Å²) in [7, 11) is 0. The van der Waals surface area contributed by atoms with Gasteiger partial charge in [-0.2, -0.15) is 0 Å². The molecule has 0 heterocycles. The molecule has 2 heteroatoms. The summed E-state index contributed by atoms with van der Waals surface area (Å²) < 4.78 is 0. The molecule has 0 radical (unpaired) electrons. The van der Waals surface area contributed by atoms with Crippen LogP contribution in [-0.2, 0) is 6.54 Å². The molecule has 2 aromatic rings. The second kappa shape index (κ2) is 7.67. The lowest BCUT2D eigenvalue weighted by Crippen LogP contribution is -2.14. The SMILES string of the molecule is CCCNCc1ccc(Sc2ccc(C)cc2C)cc1C. The van der Waals surface area contributed by atoms with Crippen molar-refractivity contribution in [3.63, 3.8) is 0 Å². The third-order valence-electron chi connectivity index (χ3n) is 3.61. The molecule has 0 aliphatic carbocycles. The van der Waals surface area contributed by atoms with Gasteiger partial charge in [0.15, 0.2) is 0 Å². The van der Waals surface area contributed by atoms with Crippen LogP contribution in [0.3, 0.4) is 0 Å². The van der Waals surface area contributed by atoms with Gasteiger partial charge in [0, 0.05) is 16.3 Å². The fourth-order valence-electron chi connectivity index (χ4n) is 2.37. The number of hydrogen-bond donors (Lipinski definition) is 1. The van der Waals surface area contributed by atoms with Crippen LogP contribution in [0.5, 0.6) is 0 Å². The summed E-state index contributed by atoms with van der Waals surface area (Å²) in [6, 6.07) is 13.4. The van der Waals surface area contributed by atoms with Crippen LogP contribution in [-0.4, -0.2) is 6.54 Å². The lowest BCUT2D eigenvalue weighted by atomic mass is 10.1. The molecule has 0 aromatic heterocycles. The average Bonchev–Trinajstić information content (AvgIpc) is 2.44. The Bertz CT molecular complexity index is 605. The van der Waals surface area contributed by atoms with Crippen LogP contribution in [0.1, 0.15) is 35.6 Å². The van der Waals surface area contributed by atoms with Crippen molar-refractivity contribution in [3.8, 4) is 0 Å². The first-order valence-corrected chi connectivity index (χ1v) is 8.47. The predicted molar refractivity (Wildman–Crippen MR) is 93.2 cm³/mol. The van der Waals surface area contributed by atoms with Gasteiger partial charge >= 0.3 is 0 Å². The minimum absolute atomic E-state index is 0.966. The van der Waals surface area contributed by atoms with E-state index in [-0.39, 0.29) is 0 Å². The van der Waals surface area contributed by atoms with Crippen LogP contribution in [0.25, 0.3) is 0 Å². The maximum absolute atomic E-state index is 3.47. The van der Waals surface area contributed by atoms with Gasteiger partial charge in [-0.1, -0.05) is 42.4 Å². The van der Waals surface area contributed by atoms with E-state index in [1.807, 2.05) is 11.8 Å². The molecule has 0 bridgehead atoms. The number of rotatable bonds is 6. The molecular formula is C19H25NS. The van der Waals surface area contributed by atoms with E-state index in [2.05, 4.69) is 69.4 Å². The van der Waals surface area contributed by atoms with Gasteiger partial charge in [-0.3, -0.25) is 0 Å². The molecular weight excluding hydrogens is 274 g/mol. The molecule has 112 valence electrons. The highest BCUT2D eigenvalue weighted by molar-refractivity contribution is 7.99. The van der Waals surface area contributed by atoms with Crippen LogP contribution in [0.2, 0.25) is 0 Å². The van der Waals surface area contributed by atoms with E-state index in [1.165, 1.54) is 38.5 Å². The van der Waals surface area contributed by atoms with Crippen LogP contribution in [0.4, 0.5) is 0 Å². The van der Waals surface area contributed by atoms with Crippen molar-refractivity contribution < 1.29 is 0 Å². The highest BCUT2D eigenvalue weighted by Gasteiger charge is 2.04.